The number of benzene rings is 2. The first-order chi connectivity index (χ1) is 17.7. The molecule has 10 heteroatoms. The number of carbonyl (C=O) groups excluding carboxylic acids is 4. The zero-order chi connectivity index (χ0) is 26.9. The number of hydrogen-bond acceptors (Lipinski definition) is 5. The maximum Gasteiger partial charge on any atom is 0.405 e. The molecule has 4 amide bonds. The summed E-state index contributed by atoms with van der Waals surface area (Å²) in [4.78, 5) is 61.4. The number of nitrogens with one attached hydrogen (secondary N) is 4. The zero-order valence-electron chi connectivity index (χ0n) is 21.0. The Morgan fingerprint density at radius 2 is 1.73 bits per heavy atom. The second kappa shape index (κ2) is 12.8. The van der Waals surface area contributed by atoms with Crippen molar-refractivity contribution in [3.05, 3.63) is 48.0 Å². The van der Waals surface area contributed by atoms with Gasteiger partial charge in [0.25, 0.3) is 0 Å². The molecule has 2 aromatic carbocycles. The lowest BCUT2D eigenvalue weighted by Gasteiger charge is -2.25. The van der Waals surface area contributed by atoms with Crippen LogP contribution in [0.4, 0.5) is 4.79 Å². The first-order valence-electron chi connectivity index (χ1n) is 12.5. The van der Waals surface area contributed by atoms with E-state index >= 15 is 0 Å². The molecule has 1 aliphatic heterocycles. The summed E-state index contributed by atoms with van der Waals surface area (Å²) >= 11 is 0. The average molecular weight is 511 g/mol. The summed E-state index contributed by atoms with van der Waals surface area (Å²) in [6, 6.07) is 10.2. The Kier molecular flexibility index (Phi) is 9.59. The van der Waals surface area contributed by atoms with Crippen molar-refractivity contribution in [1.82, 2.24) is 21.3 Å². The lowest BCUT2D eigenvalue weighted by Crippen LogP contribution is -2.56. The van der Waals surface area contributed by atoms with Crippen LogP contribution in [-0.2, 0) is 25.6 Å². The van der Waals surface area contributed by atoms with Crippen LogP contribution in [0.25, 0.3) is 10.8 Å². The Labute approximate surface area is 215 Å². The number of carboxylic acid groups (broad SMARTS) is 1. The highest BCUT2D eigenvalue weighted by Gasteiger charge is 2.31. The molecule has 10 nitrogen and oxygen atoms in total. The topological polar surface area (TPSA) is 154 Å². The Hall–Kier alpha value is -3.95. The lowest BCUT2D eigenvalue weighted by atomic mass is 9.97. The third-order valence-electron chi connectivity index (χ3n) is 6.45. The quantitative estimate of drug-likeness (QED) is 0.274. The lowest BCUT2D eigenvalue weighted by molar-refractivity contribution is -0.131. The molecular formula is C27H34N4O6. The Bertz CT molecular complexity index is 1150. The molecule has 1 fully saturated rings. The third-order valence-corrected chi connectivity index (χ3v) is 6.45. The summed E-state index contributed by atoms with van der Waals surface area (Å²) in [6.07, 6.45) is 0.355. The molecule has 3 rings (SSSR count). The van der Waals surface area contributed by atoms with Gasteiger partial charge >= 0.3 is 6.09 Å². The second-order valence-corrected chi connectivity index (χ2v) is 9.80. The van der Waals surface area contributed by atoms with E-state index in [4.69, 9.17) is 0 Å². The fourth-order valence-electron chi connectivity index (χ4n) is 4.63. The minimum atomic E-state index is -1.36. The van der Waals surface area contributed by atoms with E-state index in [-0.39, 0.29) is 37.0 Å². The SMILES string of the molecule is CC(C)CC(NC(=O)C(Cc1cccc2ccccc12)NC(=O)O)C(=O)NC(C=O)C[C@@H]1CCNC1=O. The number of hydrogen-bond donors (Lipinski definition) is 5. The Balaban J connectivity index is 1.74. The molecule has 0 saturated carbocycles. The molecule has 1 heterocycles. The molecule has 5 N–H and O–H groups in total. The fourth-order valence-corrected chi connectivity index (χ4v) is 4.63. The fraction of sp³-hybridized carbons (Fsp3) is 0.444. The van der Waals surface area contributed by atoms with E-state index in [0.29, 0.717) is 19.3 Å². The highest BCUT2D eigenvalue weighted by molar-refractivity contribution is 5.93. The zero-order valence-corrected chi connectivity index (χ0v) is 21.0. The normalized spacial score (nSPS) is 17.5. The standard InChI is InChI=1S/C27H34N4O6/c1-16(2)12-22(25(34)29-20(15-32)13-19-10-11-28-24(19)33)30-26(35)23(31-27(36)37)14-18-8-5-7-17-6-3-4-9-21(17)18/h3-9,15-16,19-20,22-23,31H,10-14H2,1-2H3,(H,28,33)(H,29,34)(H,30,35)(H,36,37)/t19-,20?,22?,23?/m0/s1. The molecule has 0 bridgehead atoms. The van der Waals surface area contributed by atoms with E-state index in [1.807, 2.05) is 56.3 Å². The van der Waals surface area contributed by atoms with Crippen molar-refractivity contribution in [3.8, 4) is 0 Å². The van der Waals surface area contributed by atoms with Crippen molar-refractivity contribution in [2.45, 2.75) is 57.7 Å². The van der Waals surface area contributed by atoms with Crippen LogP contribution < -0.4 is 21.3 Å². The van der Waals surface area contributed by atoms with Crippen molar-refractivity contribution in [3.63, 3.8) is 0 Å². The summed E-state index contributed by atoms with van der Waals surface area (Å²) in [6.45, 7) is 4.30. The minimum Gasteiger partial charge on any atom is -0.465 e. The van der Waals surface area contributed by atoms with E-state index in [9.17, 15) is 29.1 Å². The average Bonchev–Trinajstić information content (AvgIpc) is 3.26. The largest absolute Gasteiger partial charge is 0.465 e. The van der Waals surface area contributed by atoms with Crippen LogP contribution in [0.1, 0.15) is 38.7 Å². The van der Waals surface area contributed by atoms with E-state index in [1.165, 1.54) is 0 Å². The van der Waals surface area contributed by atoms with Crippen LogP contribution in [0.2, 0.25) is 0 Å². The van der Waals surface area contributed by atoms with Crippen LogP contribution in [0.5, 0.6) is 0 Å². The third kappa shape index (κ3) is 7.77. The first-order valence-corrected chi connectivity index (χ1v) is 12.5. The van der Waals surface area contributed by atoms with Gasteiger partial charge in [0.2, 0.25) is 17.7 Å². The van der Waals surface area contributed by atoms with Crippen LogP contribution in [0, 0.1) is 11.8 Å². The van der Waals surface area contributed by atoms with Gasteiger partial charge in [0.15, 0.2) is 0 Å². The molecule has 0 spiro atoms. The van der Waals surface area contributed by atoms with Gasteiger partial charge < -0.3 is 31.2 Å². The van der Waals surface area contributed by atoms with E-state index in [0.717, 1.165) is 16.3 Å². The minimum absolute atomic E-state index is 0.0234. The van der Waals surface area contributed by atoms with Gasteiger partial charge in [0.1, 0.15) is 18.4 Å². The maximum absolute atomic E-state index is 13.3. The Morgan fingerprint density at radius 1 is 1.03 bits per heavy atom. The van der Waals surface area contributed by atoms with Crippen LogP contribution in [0.3, 0.4) is 0 Å². The van der Waals surface area contributed by atoms with Crippen molar-refractivity contribution in [2.75, 3.05) is 6.54 Å². The number of fused-ring (bicyclic) bond motifs is 1. The van der Waals surface area contributed by atoms with Gasteiger partial charge in [-0.2, -0.15) is 0 Å². The summed E-state index contributed by atoms with van der Waals surface area (Å²) in [5.41, 5.74) is 0.785. The molecular weight excluding hydrogens is 476 g/mol. The van der Waals surface area contributed by atoms with Crippen LogP contribution >= 0.6 is 0 Å². The smallest absolute Gasteiger partial charge is 0.405 e. The molecule has 4 atom stereocenters. The number of rotatable bonds is 12. The first kappa shape index (κ1) is 27.6. The van der Waals surface area contributed by atoms with Crippen molar-refractivity contribution in [1.29, 1.82) is 0 Å². The molecule has 198 valence electrons. The molecule has 37 heavy (non-hydrogen) atoms. The maximum atomic E-state index is 13.3. The summed E-state index contributed by atoms with van der Waals surface area (Å²) < 4.78 is 0. The molecule has 1 aliphatic rings. The highest BCUT2D eigenvalue weighted by atomic mass is 16.4. The predicted octanol–water partition coefficient (Wildman–Crippen LogP) is 1.76. The molecule has 3 unspecified atom stereocenters. The number of carbonyl (C=O) groups is 5. The van der Waals surface area contributed by atoms with Gasteiger partial charge in [-0.05, 0) is 41.5 Å². The van der Waals surface area contributed by atoms with Gasteiger partial charge in [-0.3, -0.25) is 14.4 Å². The molecule has 1 saturated heterocycles. The van der Waals surface area contributed by atoms with Gasteiger partial charge in [0, 0.05) is 18.9 Å². The van der Waals surface area contributed by atoms with Gasteiger partial charge in [-0.1, -0.05) is 56.3 Å². The molecule has 2 aromatic rings. The number of aldehydes is 1. The Morgan fingerprint density at radius 3 is 2.38 bits per heavy atom. The van der Waals surface area contributed by atoms with Crippen LogP contribution in [-0.4, -0.2) is 59.9 Å². The number of amides is 4. The van der Waals surface area contributed by atoms with E-state index in [2.05, 4.69) is 21.3 Å². The monoisotopic (exact) mass is 510 g/mol. The second-order valence-electron chi connectivity index (χ2n) is 9.80. The summed E-state index contributed by atoms with van der Waals surface area (Å²) in [7, 11) is 0. The van der Waals surface area contributed by atoms with Gasteiger partial charge in [-0.25, -0.2) is 4.79 Å². The summed E-state index contributed by atoms with van der Waals surface area (Å²) in [5.74, 6) is -1.69. The highest BCUT2D eigenvalue weighted by Crippen LogP contribution is 2.20. The van der Waals surface area contributed by atoms with E-state index < -0.39 is 36.0 Å². The van der Waals surface area contributed by atoms with E-state index in [1.54, 1.807) is 0 Å². The van der Waals surface area contributed by atoms with Crippen LogP contribution in [0.15, 0.2) is 42.5 Å². The molecule has 0 aromatic heterocycles. The van der Waals surface area contributed by atoms with Crippen molar-refractivity contribution in [2.24, 2.45) is 11.8 Å². The van der Waals surface area contributed by atoms with Gasteiger partial charge in [-0.15, -0.1) is 0 Å². The predicted molar refractivity (Wildman–Crippen MR) is 138 cm³/mol. The molecule has 0 aliphatic carbocycles. The van der Waals surface area contributed by atoms with Crippen molar-refractivity contribution < 1.29 is 29.1 Å². The van der Waals surface area contributed by atoms with Crippen molar-refractivity contribution >= 4 is 40.9 Å². The van der Waals surface area contributed by atoms with Gasteiger partial charge in [0.05, 0.1) is 6.04 Å². The summed E-state index contributed by atoms with van der Waals surface area (Å²) in [5, 5.41) is 21.5. The molecule has 0 radical (unpaired) electrons.